The van der Waals surface area contributed by atoms with Crippen molar-refractivity contribution in [2.24, 2.45) is 5.92 Å². The quantitative estimate of drug-likeness (QED) is 0.296. The highest BCUT2D eigenvalue weighted by Gasteiger charge is 2.36. The van der Waals surface area contributed by atoms with Gasteiger partial charge in [0.2, 0.25) is 0 Å². The summed E-state index contributed by atoms with van der Waals surface area (Å²) in [7, 11) is 0. The number of carbonyl (C=O) groups is 2. The van der Waals surface area contributed by atoms with E-state index in [1.54, 1.807) is 13.8 Å². The number of benzene rings is 3. The van der Waals surface area contributed by atoms with Crippen molar-refractivity contribution in [2.45, 2.75) is 39.7 Å². The lowest BCUT2D eigenvalue weighted by Crippen LogP contribution is -2.39. The number of likely N-dealkylation sites (tertiary alicyclic amines) is 1. The highest BCUT2D eigenvalue weighted by molar-refractivity contribution is 6.16. The second kappa shape index (κ2) is 10.9. The number of ether oxygens (including phenoxy) is 2. The summed E-state index contributed by atoms with van der Waals surface area (Å²) in [5.74, 6) is -0.231. The van der Waals surface area contributed by atoms with E-state index < -0.39 is 5.97 Å². The minimum atomic E-state index is -0.479. The molecule has 198 valence electrons. The molecule has 0 aliphatic carbocycles. The van der Waals surface area contributed by atoms with Crippen LogP contribution in [0.4, 0.5) is 0 Å². The Bertz CT molecular complexity index is 1470. The molecule has 38 heavy (non-hydrogen) atoms. The molecule has 3 aromatic carbocycles. The maximum absolute atomic E-state index is 13.2. The lowest BCUT2D eigenvalue weighted by atomic mass is 9.87. The topological polar surface area (TPSA) is 89.2 Å². The van der Waals surface area contributed by atoms with Crippen molar-refractivity contribution in [3.63, 3.8) is 0 Å². The van der Waals surface area contributed by atoms with Crippen LogP contribution in [0.2, 0.25) is 0 Å². The molecule has 4 aromatic rings. The predicted octanol–water partition coefficient (Wildman–Crippen LogP) is 6.14. The number of rotatable bonds is 7. The molecule has 7 heteroatoms. The van der Waals surface area contributed by atoms with Gasteiger partial charge in [0.05, 0.1) is 25.2 Å². The third kappa shape index (κ3) is 4.52. The number of fused-ring (bicyclic) bond motifs is 3. The lowest BCUT2D eigenvalue weighted by Gasteiger charge is -2.38. The van der Waals surface area contributed by atoms with Gasteiger partial charge in [0.15, 0.2) is 0 Å². The molecule has 0 amide bonds. The van der Waals surface area contributed by atoms with E-state index >= 15 is 0 Å². The normalized spacial score (nSPS) is 15.6. The lowest BCUT2D eigenvalue weighted by molar-refractivity contribution is -0.149. The van der Waals surface area contributed by atoms with E-state index in [2.05, 4.69) is 4.90 Å². The summed E-state index contributed by atoms with van der Waals surface area (Å²) < 4.78 is 16.9. The number of esters is 2. The summed E-state index contributed by atoms with van der Waals surface area (Å²) in [5, 5.41) is 13.8. The molecule has 1 aliphatic heterocycles. The molecular weight excluding hydrogens is 482 g/mol. The SMILES string of the molecule is CCOC(=O)c1c(C)oc2c1c(C(c1ccccc1)N1CCC(C(=O)OCC)CC1)c(O)c1ccccc12. The van der Waals surface area contributed by atoms with Gasteiger partial charge in [-0.1, -0.05) is 54.6 Å². The van der Waals surface area contributed by atoms with Crippen molar-refractivity contribution in [1.82, 2.24) is 4.90 Å². The number of furan rings is 1. The monoisotopic (exact) mass is 515 g/mol. The molecule has 7 nitrogen and oxygen atoms in total. The fourth-order valence-corrected chi connectivity index (χ4v) is 5.71. The first-order chi connectivity index (χ1) is 18.5. The number of phenolic OH excluding ortho intramolecular Hbond substituents is 1. The van der Waals surface area contributed by atoms with E-state index in [0.717, 1.165) is 10.9 Å². The van der Waals surface area contributed by atoms with Crippen LogP contribution in [0.5, 0.6) is 5.75 Å². The molecule has 1 N–H and O–H groups in total. The second-order valence-corrected chi connectivity index (χ2v) is 9.64. The zero-order valence-corrected chi connectivity index (χ0v) is 22.0. The van der Waals surface area contributed by atoms with Crippen molar-refractivity contribution >= 4 is 33.7 Å². The summed E-state index contributed by atoms with van der Waals surface area (Å²) in [5.41, 5.74) is 2.47. The zero-order chi connectivity index (χ0) is 26.8. The summed E-state index contributed by atoms with van der Waals surface area (Å²) in [6.45, 7) is 7.19. The largest absolute Gasteiger partial charge is 0.507 e. The van der Waals surface area contributed by atoms with E-state index in [1.165, 1.54) is 0 Å². The van der Waals surface area contributed by atoms with E-state index in [0.29, 0.717) is 65.8 Å². The van der Waals surface area contributed by atoms with Crippen LogP contribution >= 0.6 is 0 Å². The smallest absolute Gasteiger partial charge is 0.342 e. The molecule has 0 radical (unpaired) electrons. The Morgan fingerprint density at radius 3 is 2.26 bits per heavy atom. The van der Waals surface area contributed by atoms with Crippen LogP contribution in [-0.4, -0.2) is 48.2 Å². The molecule has 1 unspecified atom stereocenters. The molecule has 1 saturated heterocycles. The first-order valence-corrected chi connectivity index (χ1v) is 13.3. The van der Waals surface area contributed by atoms with Crippen LogP contribution in [0.3, 0.4) is 0 Å². The Balaban J connectivity index is 1.74. The van der Waals surface area contributed by atoms with Gasteiger partial charge in [0.25, 0.3) is 0 Å². The maximum atomic E-state index is 13.2. The van der Waals surface area contributed by atoms with Crippen LogP contribution in [0, 0.1) is 12.8 Å². The average molecular weight is 516 g/mol. The van der Waals surface area contributed by atoms with Crippen molar-refractivity contribution in [3.8, 4) is 5.75 Å². The van der Waals surface area contributed by atoms with E-state index in [-0.39, 0.29) is 30.3 Å². The van der Waals surface area contributed by atoms with E-state index in [9.17, 15) is 14.7 Å². The van der Waals surface area contributed by atoms with Gasteiger partial charge in [-0.3, -0.25) is 9.69 Å². The Hall–Kier alpha value is -3.84. The minimum Gasteiger partial charge on any atom is -0.507 e. The zero-order valence-electron chi connectivity index (χ0n) is 22.0. The molecule has 0 spiro atoms. The molecule has 1 atom stereocenters. The Kier molecular flexibility index (Phi) is 7.38. The number of aryl methyl sites for hydroxylation is 1. The predicted molar refractivity (Wildman–Crippen MR) is 145 cm³/mol. The highest BCUT2D eigenvalue weighted by Crippen LogP contribution is 2.48. The number of piperidine rings is 1. The van der Waals surface area contributed by atoms with Gasteiger partial charge < -0.3 is 19.0 Å². The molecule has 1 aliphatic rings. The van der Waals surface area contributed by atoms with Crippen LogP contribution in [0.25, 0.3) is 21.7 Å². The third-order valence-electron chi connectivity index (χ3n) is 7.42. The summed E-state index contributed by atoms with van der Waals surface area (Å²) in [4.78, 5) is 27.9. The number of aromatic hydroxyl groups is 1. The van der Waals surface area contributed by atoms with Gasteiger partial charge >= 0.3 is 11.9 Å². The summed E-state index contributed by atoms with van der Waals surface area (Å²) in [6.07, 6.45) is 1.30. The fraction of sp³-hybridized carbons (Fsp3) is 0.355. The standard InChI is InChI=1S/C31H33NO6/c1-4-36-30(34)21-15-17-32(18-16-21)27(20-11-7-6-8-12-20)26-25-24(31(35)37-5-2)19(3)38-29(25)23-14-10-9-13-22(23)28(26)33/h6-14,21,27,33H,4-5,15-18H2,1-3H3. The Morgan fingerprint density at radius 2 is 1.61 bits per heavy atom. The number of phenols is 1. The molecular formula is C31H33NO6. The molecule has 1 fully saturated rings. The number of hydrogen-bond acceptors (Lipinski definition) is 7. The van der Waals surface area contributed by atoms with E-state index in [4.69, 9.17) is 13.9 Å². The van der Waals surface area contributed by atoms with Crippen LogP contribution in [0.15, 0.2) is 59.0 Å². The average Bonchev–Trinajstić information content (AvgIpc) is 3.29. The first kappa shape index (κ1) is 25.8. The van der Waals surface area contributed by atoms with Gasteiger partial charge in [0.1, 0.15) is 22.7 Å². The highest BCUT2D eigenvalue weighted by atomic mass is 16.5. The van der Waals surface area contributed by atoms with Crippen molar-refractivity contribution in [2.75, 3.05) is 26.3 Å². The number of hydrogen-bond donors (Lipinski definition) is 1. The molecule has 0 saturated carbocycles. The second-order valence-electron chi connectivity index (χ2n) is 9.64. The molecule has 2 heterocycles. The van der Waals surface area contributed by atoms with Gasteiger partial charge in [-0.15, -0.1) is 0 Å². The fourth-order valence-electron chi connectivity index (χ4n) is 5.71. The molecule has 5 rings (SSSR count). The van der Waals surface area contributed by atoms with Crippen LogP contribution in [0.1, 0.15) is 60.0 Å². The van der Waals surface area contributed by atoms with E-state index in [1.807, 2.05) is 61.5 Å². The maximum Gasteiger partial charge on any atom is 0.342 e. The van der Waals surface area contributed by atoms with Gasteiger partial charge in [-0.25, -0.2) is 4.79 Å². The summed E-state index contributed by atoms with van der Waals surface area (Å²) >= 11 is 0. The number of nitrogens with zero attached hydrogens (tertiary/aromatic N) is 1. The van der Waals surface area contributed by atoms with Crippen LogP contribution in [-0.2, 0) is 14.3 Å². The number of carbonyl (C=O) groups excluding carboxylic acids is 2. The first-order valence-electron chi connectivity index (χ1n) is 13.3. The Morgan fingerprint density at radius 1 is 0.974 bits per heavy atom. The van der Waals surface area contributed by atoms with Gasteiger partial charge in [-0.05, 0) is 52.3 Å². The molecule has 0 bridgehead atoms. The van der Waals surface area contributed by atoms with Crippen molar-refractivity contribution < 1.29 is 28.6 Å². The molecule has 1 aromatic heterocycles. The third-order valence-corrected chi connectivity index (χ3v) is 7.42. The summed E-state index contributed by atoms with van der Waals surface area (Å²) in [6, 6.07) is 17.1. The van der Waals surface area contributed by atoms with Crippen LogP contribution < -0.4 is 0 Å². The van der Waals surface area contributed by atoms with Crippen molar-refractivity contribution in [3.05, 3.63) is 77.0 Å². The Labute approximate surface area is 221 Å². The van der Waals surface area contributed by atoms with Crippen molar-refractivity contribution in [1.29, 1.82) is 0 Å². The van der Waals surface area contributed by atoms with Gasteiger partial charge in [0, 0.05) is 21.7 Å². The van der Waals surface area contributed by atoms with Gasteiger partial charge in [-0.2, -0.15) is 0 Å². The minimum absolute atomic E-state index is 0.112.